The first-order chi connectivity index (χ1) is 19.3. The third kappa shape index (κ3) is 5.70. The summed E-state index contributed by atoms with van der Waals surface area (Å²) in [7, 11) is -5.90. The lowest BCUT2D eigenvalue weighted by atomic mass is 9.95. The van der Waals surface area contributed by atoms with Crippen molar-refractivity contribution in [2.75, 3.05) is 6.61 Å². The van der Waals surface area contributed by atoms with E-state index in [1.165, 1.54) is 28.6 Å². The maximum Gasteiger partial charge on any atom is 0.335 e. The van der Waals surface area contributed by atoms with Crippen molar-refractivity contribution in [2.45, 2.75) is 112 Å². The van der Waals surface area contributed by atoms with E-state index < -0.39 is 51.6 Å². The molecular formula is C29H43N3O6SSi2. The number of benzene rings is 1. The van der Waals surface area contributed by atoms with Gasteiger partial charge < -0.3 is 17.7 Å². The van der Waals surface area contributed by atoms with Crippen LogP contribution >= 0.6 is 11.8 Å². The zero-order valence-corrected chi connectivity index (χ0v) is 28.1. The summed E-state index contributed by atoms with van der Waals surface area (Å²) in [4.78, 5) is 28.5. The predicted octanol–water partition coefficient (Wildman–Crippen LogP) is 5.84. The fourth-order valence-electron chi connectivity index (χ4n) is 6.31. The molecule has 0 spiro atoms. The molecule has 41 heavy (non-hydrogen) atoms. The summed E-state index contributed by atoms with van der Waals surface area (Å²) in [6, 6.07) is 13.4. The van der Waals surface area contributed by atoms with E-state index in [1.807, 2.05) is 30.3 Å². The Bertz CT molecular complexity index is 1340. The molecule has 0 unspecified atom stereocenters. The van der Waals surface area contributed by atoms with Crippen LogP contribution < -0.4 is 11.2 Å². The van der Waals surface area contributed by atoms with E-state index in [2.05, 4.69) is 66.4 Å². The number of nitrogens with zero attached hydrogens (tertiary/aromatic N) is 2. The molecule has 0 radical (unpaired) electrons. The Balaban J connectivity index is 1.98. The maximum atomic E-state index is 13.2. The number of fused-ring (bicyclic) bond motifs is 1. The zero-order chi connectivity index (χ0) is 30.2. The molecule has 2 fully saturated rings. The number of nitriles is 1. The summed E-state index contributed by atoms with van der Waals surface area (Å²) in [5.74, 6) is 0. The maximum absolute atomic E-state index is 13.2. The van der Waals surface area contributed by atoms with E-state index >= 15 is 0 Å². The van der Waals surface area contributed by atoms with Crippen molar-refractivity contribution in [3.63, 3.8) is 0 Å². The predicted molar refractivity (Wildman–Crippen MR) is 164 cm³/mol. The van der Waals surface area contributed by atoms with Crippen LogP contribution in [0, 0.1) is 11.3 Å². The van der Waals surface area contributed by atoms with Crippen molar-refractivity contribution < 1.29 is 17.7 Å². The third-order valence-electron chi connectivity index (χ3n) is 8.37. The van der Waals surface area contributed by atoms with Crippen LogP contribution in [0.15, 0.2) is 57.1 Å². The summed E-state index contributed by atoms with van der Waals surface area (Å²) in [5, 5.41) is 10.3. The molecule has 2 aromatic rings. The lowest BCUT2D eigenvalue weighted by Crippen LogP contribution is -2.66. The van der Waals surface area contributed by atoms with Crippen molar-refractivity contribution in [1.82, 2.24) is 9.55 Å². The molecule has 12 heteroatoms. The number of nitrogens with one attached hydrogen (secondary N) is 1. The Morgan fingerprint density at radius 3 is 2.15 bits per heavy atom. The molecule has 1 aromatic carbocycles. The Labute approximate surface area is 249 Å². The Morgan fingerprint density at radius 1 is 1.00 bits per heavy atom. The van der Waals surface area contributed by atoms with Crippen molar-refractivity contribution in [1.29, 1.82) is 5.26 Å². The van der Waals surface area contributed by atoms with Crippen LogP contribution in [0.1, 0.15) is 68.0 Å². The van der Waals surface area contributed by atoms with Crippen LogP contribution in [0.5, 0.6) is 0 Å². The molecule has 0 saturated carbocycles. The summed E-state index contributed by atoms with van der Waals surface area (Å²) in [6.45, 7) is 17.5. The van der Waals surface area contributed by atoms with Crippen molar-refractivity contribution in [2.24, 2.45) is 0 Å². The average molecular weight is 618 g/mol. The topological polar surface area (TPSA) is 116 Å². The first-order valence-electron chi connectivity index (χ1n) is 14.4. The molecule has 224 valence electrons. The standard InChI is InChI=1S/C29H43N3O6SSi2/c1-19(2)40(20(3)4)35-18-24-26(37-41(38-40,21(5)6)22(7)8)29(15-16-30,39-23-12-10-9-11-13-23)27(36-24)32-17-14-25(33)31-28(32)34/h9-14,17,19-22,24,26-27H,15,18H2,1-8H3,(H,31,33,34)/t24-,26-,27-,29-/m1/s1. The van der Waals surface area contributed by atoms with Gasteiger partial charge in [-0.2, -0.15) is 5.26 Å². The van der Waals surface area contributed by atoms with E-state index in [0.29, 0.717) is 0 Å². The highest BCUT2D eigenvalue weighted by Gasteiger charge is 2.66. The van der Waals surface area contributed by atoms with Crippen LogP contribution in [0.4, 0.5) is 0 Å². The highest BCUT2D eigenvalue weighted by atomic mass is 32.2. The fraction of sp³-hybridized carbons (Fsp3) is 0.621. The minimum Gasteiger partial charge on any atom is -0.414 e. The van der Waals surface area contributed by atoms with Crippen LogP contribution in [0.25, 0.3) is 0 Å². The van der Waals surface area contributed by atoms with Crippen LogP contribution in [-0.4, -0.2) is 50.2 Å². The van der Waals surface area contributed by atoms with Gasteiger partial charge in [0, 0.05) is 17.2 Å². The largest absolute Gasteiger partial charge is 0.414 e. The number of ether oxygens (including phenoxy) is 1. The van der Waals surface area contributed by atoms with Gasteiger partial charge in [-0.1, -0.05) is 73.6 Å². The first kappa shape index (κ1) is 31.9. The van der Waals surface area contributed by atoms with Crippen molar-refractivity contribution >= 4 is 28.9 Å². The molecule has 2 aliphatic rings. The SMILES string of the molecule is CC(C)[Si]1(C(C)C)OC[C@H]2O[C@@H](n3ccc(=O)[nH]c3=O)[C@](CC#N)(Sc3ccccc3)[C@@H]2O[Si](C(C)C)(C(C)C)O1. The van der Waals surface area contributed by atoms with E-state index in [0.717, 1.165) is 4.90 Å². The minimum atomic E-state index is -3.07. The van der Waals surface area contributed by atoms with Gasteiger partial charge >= 0.3 is 22.8 Å². The molecule has 0 bridgehead atoms. The van der Waals surface area contributed by atoms with E-state index in [-0.39, 0.29) is 35.2 Å². The molecular weight excluding hydrogens is 575 g/mol. The second-order valence-electron chi connectivity index (χ2n) is 12.3. The minimum absolute atomic E-state index is 0.0293. The molecule has 4 rings (SSSR count). The van der Waals surface area contributed by atoms with Gasteiger partial charge in [0.05, 0.1) is 25.2 Å². The quantitative estimate of drug-likeness (QED) is 0.368. The smallest absolute Gasteiger partial charge is 0.335 e. The number of rotatable bonds is 8. The van der Waals surface area contributed by atoms with Gasteiger partial charge in [0.1, 0.15) is 10.9 Å². The number of thioether (sulfide) groups is 1. The second kappa shape index (κ2) is 12.3. The van der Waals surface area contributed by atoms with Gasteiger partial charge in [0.15, 0.2) is 6.23 Å². The Kier molecular flexibility index (Phi) is 9.60. The Hall–Kier alpha value is -1.99. The second-order valence-corrected chi connectivity index (χ2v) is 22.5. The lowest BCUT2D eigenvalue weighted by Gasteiger charge is -2.52. The summed E-state index contributed by atoms with van der Waals surface area (Å²) < 4.78 is 28.8. The monoisotopic (exact) mass is 617 g/mol. The Morgan fingerprint density at radius 2 is 1.61 bits per heavy atom. The van der Waals surface area contributed by atoms with Gasteiger partial charge in [0.25, 0.3) is 5.56 Å². The molecule has 0 aliphatic carbocycles. The number of H-pyrrole nitrogens is 1. The molecule has 9 nitrogen and oxygen atoms in total. The van der Waals surface area contributed by atoms with Crippen molar-refractivity contribution in [3.05, 3.63) is 63.4 Å². The van der Waals surface area contributed by atoms with Gasteiger partial charge in [-0.05, 0) is 34.3 Å². The summed E-state index contributed by atoms with van der Waals surface area (Å²) >= 11 is 1.48. The van der Waals surface area contributed by atoms with Crippen molar-refractivity contribution in [3.8, 4) is 6.07 Å². The molecule has 2 saturated heterocycles. The average Bonchev–Trinajstić information content (AvgIpc) is 3.15. The molecule has 4 atom stereocenters. The molecule has 3 heterocycles. The third-order valence-corrected chi connectivity index (χ3v) is 20.1. The summed E-state index contributed by atoms with van der Waals surface area (Å²) in [5.41, 5.74) is -0.631. The van der Waals surface area contributed by atoms with Gasteiger partial charge in [0.2, 0.25) is 0 Å². The first-order valence-corrected chi connectivity index (χ1v) is 19.2. The van der Waals surface area contributed by atoms with Gasteiger partial charge in [-0.15, -0.1) is 11.8 Å². The van der Waals surface area contributed by atoms with Crippen LogP contribution in [0.2, 0.25) is 22.2 Å². The highest BCUT2D eigenvalue weighted by molar-refractivity contribution is 8.00. The van der Waals surface area contributed by atoms with Gasteiger partial charge in [-0.25, -0.2) is 4.79 Å². The zero-order valence-electron chi connectivity index (χ0n) is 25.2. The number of aromatic nitrogens is 2. The van der Waals surface area contributed by atoms with E-state index in [1.54, 1.807) is 0 Å². The van der Waals surface area contributed by atoms with Gasteiger partial charge in [-0.3, -0.25) is 14.3 Å². The van der Waals surface area contributed by atoms with E-state index in [4.69, 9.17) is 17.7 Å². The number of hydrogen-bond donors (Lipinski definition) is 1. The fourth-order valence-corrected chi connectivity index (χ4v) is 19.1. The molecule has 2 aliphatic heterocycles. The highest BCUT2D eigenvalue weighted by Crippen LogP contribution is 2.57. The normalized spacial score (nSPS) is 27.5. The lowest BCUT2D eigenvalue weighted by molar-refractivity contribution is -0.0570. The summed E-state index contributed by atoms with van der Waals surface area (Å²) in [6.07, 6.45) is -0.633. The van der Waals surface area contributed by atoms with Crippen LogP contribution in [-0.2, 0) is 17.7 Å². The molecule has 1 N–H and O–H groups in total. The van der Waals surface area contributed by atoms with Crippen LogP contribution in [0.3, 0.4) is 0 Å². The molecule has 1 aromatic heterocycles. The molecule has 0 amide bonds. The number of aromatic amines is 1. The number of hydrogen-bond acceptors (Lipinski definition) is 8. The van der Waals surface area contributed by atoms with E-state index in [9.17, 15) is 14.9 Å².